The van der Waals surface area contributed by atoms with Gasteiger partial charge in [0.15, 0.2) is 0 Å². The van der Waals surface area contributed by atoms with E-state index in [0.29, 0.717) is 12.3 Å². The molecule has 0 atom stereocenters. The summed E-state index contributed by atoms with van der Waals surface area (Å²) in [5.41, 5.74) is 3.65. The van der Waals surface area contributed by atoms with E-state index in [4.69, 9.17) is 4.84 Å². The van der Waals surface area contributed by atoms with E-state index in [1.54, 1.807) is 19.2 Å². The summed E-state index contributed by atoms with van der Waals surface area (Å²) in [4.78, 5) is 19.9. The van der Waals surface area contributed by atoms with Gasteiger partial charge in [-0.2, -0.15) is 0 Å². The summed E-state index contributed by atoms with van der Waals surface area (Å²) in [5.74, 6) is -0.318. The van der Waals surface area contributed by atoms with Gasteiger partial charge in [0.2, 0.25) is 0 Å². The molecule has 0 aromatic carbocycles. The number of carbonyl (C=O) groups excluding carboxylic acids is 1. The minimum absolute atomic E-state index is 0.318. The molecule has 1 aromatic heterocycles. The lowest BCUT2D eigenvalue weighted by Crippen LogP contribution is -2.24. The number of aryl methyl sites for hydroxylation is 1. The number of carbonyl (C=O) groups is 1. The number of aromatic nitrogens is 1. The molecule has 0 spiro atoms. The van der Waals surface area contributed by atoms with E-state index in [2.05, 4.69) is 10.5 Å². The summed E-state index contributed by atoms with van der Waals surface area (Å²) in [7, 11) is 0. The third-order valence-electron chi connectivity index (χ3n) is 1.45. The van der Waals surface area contributed by atoms with E-state index < -0.39 is 0 Å². The number of nitrogens with one attached hydrogen (secondary N) is 1. The molecule has 13 heavy (non-hydrogen) atoms. The first-order valence-electron chi connectivity index (χ1n) is 4.09. The zero-order chi connectivity index (χ0) is 9.68. The highest BCUT2D eigenvalue weighted by molar-refractivity contribution is 5.91. The van der Waals surface area contributed by atoms with Crippen molar-refractivity contribution >= 4 is 5.91 Å². The highest BCUT2D eigenvalue weighted by Crippen LogP contribution is 1.97. The van der Waals surface area contributed by atoms with Crippen LogP contribution in [0.5, 0.6) is 0 Å². The maximum atomic E-state index is 11.2. The average molecular weight is 180 g/mol. The molecule has 1 amide bonds. The van der Waals surface area contributed by atoms with Gasteiger partial charge in [-0.15, -0.1) is 0 Å². The van der Waals surface area contributed by atoms with Crippen molar-refractivity contribution in [3.8, 4) is 0 Å². The molecule has 4 nitrogen and oxygen atoms in total. The first-order chi connectivity index (χ1) is 6.24. The third kappa shape index (κ3) is 2.83. The lowest BCUT2D eigenvalue weighted by Gasteiger charge is -2.02. The van der Waals surface area contributed by atoms with E-state index in [9.17, 15) is 4.79 Å². The molecule has 0 fully saturated rings. The number of amides is 1. The molecular formula is C9H12N2O2. The van der Waals surface area contributed by atoms with Crippen molar-refractivity contribution in [2.75, 3.05) is 6.61 Å². The van der Waals surface area contributed by atoms with E-state index in [1.807, 2.05) is 13.0 Å². The molecule has 0 aliphatic rings. The number of rotatable bonds is 3. The van der Waals surface area contributed by atoms with Crippen LogP contribution in [0.15, 0.2) is 18.3 Å². The van der Waals surface area contributed by atoms with Crippen LogP contribution < -0.4 is 5.48 Å². The molecule has 0 saturated heterocycles. The van der Waals surface area contributed by atoms with Crippen LogP contribution in [0, 0.1) is 6.92 Å². The second kappa shape index (κ2) is 4.57. The van der Waals surface area contributed by atoms with Crippen LogP contribution in [0.25, 0.3) is 0 Å². The number of pyridine rings is 1. The Bertz CT molecular complexity index is 282. The summed E-state index contributed by atoms with van der Waals surface area (Å²) in [6.07, 6.45) is 1.64. The van der Waals surface area contributed by atoms with Crippen LogP contribution in [-0.2, 0) is 4.84 Å². The number of hydroxylamine groups is 1. The summed E-state index contributed by atoms with van der Waals surface area (Å²) in [6.45, 7) is 4.15. The predicted molar refractivity (Wildman–Crippen MR) is 48.1 cm³/mol. The standard InChI is InChI=1S/C9H12N2O2/c1-3-13-11-9(12)8-5-4-7(2)6-10-8/h4-6H,3H2,1-2H3,(H,11,12). The molecule has 1 aromatic rings. The van der Waals surface area contributed by atoms with Gasteiger partial charge in [-0.1, -0.05) is 6.07 Å². The normalized spacial score (nSPS) is 9.69. The second-order valence-electron chi connectivity index (χ2n) is 2.58. The Morgan fingerprint density at radius 2 is 2.38 bits per heavy atom. The Balaban J connectivity index is 2.61. The van der Waals surface area contributed by atoms with Crippen molar-refractivity contribution in [2.45, 2.75) is 13.8 Å². The maximum Gasteiger partial charge on any atom is 0.293 e. The highest BCUT2D eigenvalue weighted by Gasteiger charge is 2.04. The van der Waals surface area contributed by atoms with E-state index in [1.165, 1.54) is 0 Å². The van der Waals surface area contributed by atoms with Gasteiger partial charge in [0.25, 0.3) is 5.91 Å². The van der Waals surface area contributed by atoms with E-state index in [0.717, 1.165) is 5.56 Å². The molecule has 0 aliphatic heterocycles. The topological polar surface area (TPSA) is 51.2 Å². The van der Waals surface area contributed by atoms with Gasteiger partial charge in [-0.25, -0.2) is 5.48 Å². The predicted octanol–water partition coefficient (Wildman–Crippen LogP) is 1.07. The van der Waals surface area contributed by atoms with Gasteiger partial charge in [0.05, 0.1) is 6.61 Å². The third-order valence-corrected chi connectivity index (χ3v) is 1.45. The summed E-state index contributed by atoms with van der Waals surface area (Å²) in [6, 6.07) is 3.48. The molecule has 0 saturated carbocycles. The maximum absolute atomic E-state index is 11.2. The van der Waals surface area contributed by atoms with Gasteiger partial charge in [0.1, 0.15) is 5.69 Å². The Labute approximate surface area is 76.9 Å². The second-order valence-corrected chi connectivity index (χ2v) is 2.58. The first kappa shape index (κ1) is 9.67. The first-order valence-corrected chi connectivity index (χ1v) is 4.09. The van der Waals surface area contributed by atoms with Gasteiger partial charge in [0, 0.05) is 6.20 Å². The highest BCUT2D eigenvalue weighted by atomic mass is 16.6. The minimum atomic E-state index is -0.318. The largest absolute Gasteiger partial charge is 0.293 e. The summed E-state index contributed by atoms with van der Waals surface area (Å²) >= 11 is 0. The van der Waals surface area contributed by atoms with Crippen molar-refractivity contribution in [2.24, 2.45) is 0 Å². The SMILES string of the molecule is CCONC(=O)c1ccc(C)cn1. The van der Waals surface area contributed by atoms with Crippen LogP contribution in [0.2, 0.25) is 0 Å². The number of hydrogen-bond donors (Lipinski definition) is 1. The van der Waals surface area contributed by atoms with Crippen LogP contribution in [0.4, 0.5) is 0 Å². The molecule has 0 unspecified atom stereocenters. The monoisotopic (exact) mass is 180 g/mol. The van der Waals surface area contributed by atoms with Gasteiger partial charge < -0.3 is 0 Å². The quantitative estimate of drug-likeness (QED) is 0.708. The number of hydrogen-bond acceptors (Lipinski definition) is 3. The van der Waals surface area contributed by atoms with Crippen LogP contribution in [0.3, 0.4) is 0 Å². The Morgan fingerprint density at radius 3 is 2.92 bits per heavy atom. The molecular weight excluding hydrogens is 168 g/mol. The fourth-order valence-corrected chi connectivity index (χ4v) is 0.792. The van der Waals surface area contributed by atoms with Crippen LogP contribution >= 0.6 is 0 Å². The van der Waals surface area contributed by atoms with Gasteiger partial charge in [-0.3, -0.25) is 14.6 Å². The molecule has 1 heterocycles. The van der Waals surface area contributed by atoms with Crippen molar-refractivity contribution in [1.82, 2.24) is 10.5 Å². The zero-order valence-corrected chi connectivity index (χ0v) is 7.70. The van der Waals surface area contributed by atoms with Gasteiger partial charge in [-0.05, 0) is 25.5 Å². The summed E-state index contributed by atoms with van der Waals surface area (Å²) < 4.78 is 0. The lowest BCUT2D eigenvalue weighted by atomic mass is 10.3. The zero-order valence-electron chi connectivity index (χ0n) is 7.70. The van der Waals surface area contributed by atoms with E-state index >= 15 is 0 Å². The fourth-order valence-electron chi connectivity index (χ4n) is 0.792. The molecule has 1 N–H and O–H groups in total. The lowest BCUT2D eigenvalue weighted by molar-refractivity contribution is 0.0360. The van der Waals surface area contributed by atoms with Crippen molar-refractivity contribution < 1.29 is 9.63 Å². The Hall–Kier alpha value is -1.42. The molecule has 70 valence electrons. The van der Waals surface area contributed by atoms with Crippen molar-refractivity contribution in [3.63, 3.8) is 0 Å². The minimum Gasteiger partial charge on any atom is -0.274 e. The van der Waals surface area contributed by atoms with Crippen LogP contribution in [-0.4, -0.2) is 17.5 Å². The molecule has 0 aliphatic carbocycles. The molecule has 4 heteroatoms. The van der Waals surface area contributed by atoms with E-state index in [-0.39, 0.29) is 5.91 Å². The molecule has 0 bridgehead atoms. The molecule has 1 rings (SSSR count). The molecule has 0 radical (unpaired) electrons. The Kier molecular flexibility index (Phi) is 3.40. The average Bonchev–Trinajstić information content (AvgIpc) is 2.15. The fraction of sp³-hybridized carbons (Fsp3) is 0.333. The Morgan fingerprint density at radius 1 is 1.62 bits per heavy atom. The van der Waals surface area contributed by atoms with Gasteiger partial charge >= 0.3 is 0 Å². The van der Waals surface area contributed by atoms with Crippen molar-refractivity contribution in [1.29, 1.82) is 0 Å². The number of nitrogens with zero attached hydrogens (tertiary/aromatic N) is 1. The smallest absolute Gasteiger partial charge is 0.274 e. The van der Waals surface area contributed by atoms with Crippen molar-refractivity contribution in [3.05, 3.63) is 29.6 Å². The summed E-state index contributed by atoms with van der Waals surface area (Å²) in [5, 5.41) is 0. The van der Waals surface area contributed by atoms with Crippen LogP contribution in [0.1, 0.15) is 23.0 Å².